The van der Waals surface area contributed by atoms with Gasteiger partial charge in [-0.25, -0.2) is 4.79 Å². The summed E-state index contributed by atoms with van der Waals surface area (Å²) in [5.74, 6) is -6.78. The number of allylic oxidation sites excluding steroid dienone is 2. The normalized spacial score (nSPS) is 23.5. The van der Waals surface area contributed by atoms with Crippen molar-refractivity contribution in [3.8, 4) is 16.9 Å². The van der Waals surface area contributed by atoms with Crippen LogP contribution in [0.5, 0.6) is 5.75 Å². The molecule has 41 heavy (non-hydrogen) atoms. The first-order chi connectivity index (χ1) is 19.5. The summed E-state index contributed by atoms with van der Waals surface area (Å²) in [6, 6.07) is 9.72. The lowest BCUT2D eigenvalue weighted by Crippen LogP contribution is -2.57. The number of Topliss-reactive ketones (excluding diaryl/α,β-unsaturated/α-hetero) is 2. The largest absolute Gasteiger partial charge is 0.511 e. The first kappa shape index (κ1) is 27.9. The van der Waals surface area contributed by atoms with Crippen molar-refractivity contribution in [2.24, 2.45) is 17.6 Å². The van der Waals surface area contributed by atoms with Crippen molar-refractivity contribution in [3.05, 3.63) is 70.2 Å². The number of carbonyl (C=O) groups excluding carboxylic acids is 4. The van der Waals surface area contributed by atoms with Crippen LogP contribution in [0.15, 0.2) is 59.1 Å². The van der Waals surface area contributed by atoms with Crippen molar-refractivity contribution in [3.63, 3.8) is 0 Å². The van der Waals surface area contributed by atoms with Crippen LogP contribution in [0.1, 0.15) is 28.8 Å². The molecule has 3 atom stereocenters. The highest BCUT2D eigenvalue weighted by molar-refractivity contribution is 6.24. The van der Waals surface area contributed by atoms with Gasteiger partial charge in [0.25, 0.3) is 5.91 Å². The Morgan fingerprint density at radius 1 is 1.05 bits per heavy atom. The molecule has 0 saturated carbocycles. The third-order valence-corrected chi connectivity index (χ3v) is 7.91. The van der Waals surface area contributed by atoms with Gasteiger partial charge in [-0.1, -0.05) is 18.2 Å². The van der Waals surface area contributed by atoms with E-state index in [0.29, 0.717) is 22.4 Å². The smallest absolute Gasteiger partial charge is 0.411 e. The average Bonchev–Trinajstić information content (AvgIpc) is 2.91. The predicted molar refractivity (Wildman–Crippen MR) is 143 cm³/mol. The molecule has 0 spiro atoms. The van der Waals surface area contributed by atoms with Gasteiger partial charge >= 0.3 is 6.09 Å². The summed E-state index contributed by atoms with van der Waals surface area (Å²) in [6.07, 6.45) is -0.746. The van der Waals surface area contributed by atoms with Crippen LogP contribution in [0.25, 0.3) is 11.1 Å². The van der Waals surface area contributed by atoms with Crippen molar-refractivity contribution in [2.45, 2.75) is 24.9 Å². The molecule has 2 amide bonds. The van der Waals surface area contributed by atoms with Gasteiger partial charge in [0.1, 0.15) is 29.4 Å². The Bertz CT molecular complexity index is 1540. The number of methoxy groups -OCH3 is 1. The van der Waals surface area contributed by atoms with Gasteiger partial charge < -0.3 is 35.6 Å². The number of primary amides is 1. The van der Waals surface area contributed by atoms with E-state index in [1.165, 1.54) is 13.2 Å². The molecule has 3 aliphatic rings. The molecular weight excluding hydrogens is 536 g/mol. The van der Waals surface area contributed by atoms with Gasteiger partial charge in [-0.15, -0.1) is 0 Å². The number of ketones is 2. The van der Waals surface area contributed by atoms with Crippen molar-refractivity contribution < 1.29 is 49.1 Å². The molecule has 3 aliphatic carbocycles. The maximum atomic E-state index is 13.7. The fourth-order valence-corrected chi connectivity index (χ4v) is 5.99. The van der Waals surface area contributed by atoms with Gasteiger partial charge in [0.15, 0.2) is 11.4 Å². The number of aromatic hydroxyl groups is 1. The van der Waals surface area contributed by atoms with Gasteiger partial charge in [-0.3, -0.25) is 19.7 Å². The van der Waals surface area contributed by atoms with Crippen LogP contribution in [0.3, 0.4) is 0 Å². The maximum absolute atomic E-state index is 13.7. The highest BCUT2D eigenvalue weighted by Crippen LogP contribution is 2.52. The Kier molecular flexibility index (Phi) is 7.05. The third kappa shape index (κ3) is 4.50. The van der Waals surface area contributed by atoms with Gasteiger partial charge in [0.05, 0.1) is 12.2 Å². The topological polar surface area (TPSA) is 206 Å². The fraction of sp³-hybridized carbons (Fsp3) is 0.310. The Morgan fingerprint density at radius 3 is 2.41 bits per heavy atom. The molecule has 0 aliphatic heterocycles. The number of phenolic OH excluding ortho intramolecular Hbond substituents is 1. The minimum atomic E-state index is -2.61. The molecule has 0 unspecified atom stereocenters. The highest BCUT2D eigenvalue weighted by Gasteiger charge is 2.59. The summed E-state index contributed by atoms with van der Waals surface area (Å²) >= 11 is 0. The molecule has 0 heterocycles. The lowest BCUT2D eigenvalue weighted by atomic mass is 9.60. The molecule has 7 N–H and O–H groups in total. The van der Waals surface area contributed by atoms with Crippen LogP contribution in [-0.2, 0) is 25.5 Å². The summed E-state index contributed by atoms with van der Waals surface area (Å²) in [7, 11) is 1.49. The van der Waals surface area contributed by atoms with Crippen LogP contribution in [0, 0.1) is 11.8 Å². The van der Waals surface area contributed by atoms with E-state index in [1.807, 2.05) is 0 Å². The van der Waals surface area contributed by atoms with E-state index in [-0.39, 0.29) is 49.4 Å². The second-order valence-electron chi connectivity index (χ2n) is 10.2. The number of anilines is 1. The first-order valence-electron chi connectivity index (χ1n) is 12.8. The Labute approximate surface area is 233 Å². The van der Waals surface area contributed by atoms with Gasteiger partial charge in [-0.2, -0.15) is 0 Å². The number of phenols is 1. The zero-order valence-electron chi connectivity index (χ0n) is 22.0. The predicted octanol–water partition coefficient (Wildman–Crippen LogP) is 2.44. The molecule has 0 aromatic heterocycles. The molecule has 2 aromatic rings. The zero-order valence-corrected chi connectivity index (χ0v) is 22.0. The number of nitrogens with one attached hydrogen (secondary N) is 1. The van der Waals surface area contributed by atoms with E-state index in [2.05, 4.69) is 5.32 Å². The average molecular weight is 565 g/mol. The number of aliphatic hydroxyl groups is 3. The number of amides is 2. The quantitative estimate of drug-likeness (QED) is 0.223. The Hall–Kier alpha value is -4.68. The summed E-state index contributed by atoms with van der Waals surface area (Å²) < 4.78 is 9.83. The summed E-state index contributed by atoms with van der Waals surface area (Å²) in [5, 5.41) is 46.1. The number of carbonyl (C=O) groups is 4. The number of aliphatic hydroxyl groups excluding tert-OH is 2. The summed E-state index contributed by atoms with van der Waals surface area (Å²) in [6.45, 7) is 0.352. The lowest BCUT2D eigenvalue weighted by Gasteiger charge is -2.45. The Balaban J connectivity index is 1.50. The molecule has 0 bridgehead atoms. The van der Waals surface area contributed by atoms with E-state index >= 15 is 0 Å². The van der Waals surface area contributed by atoms with E-state index < -0.39 is 58.1 Å². The van der Waals surface area contributed by atoms with E-state index in [1.54, 1.807) is 30.3 Å². The van der Waals surface area contributed by atoms with Crippen LogP contribution in [-0.4, -0.2) is 69.9 Å². The minimum Gasteiger partial charge on any atom is -0.511 e. The molecule has 0 saturated heterocycles. The third-order valence-electron chi connectivity index (χ3n) is 7.91. The van der Waals surface area contributed by atoms with E-state index in [4.69, 9.17) is 15.2 Å². The zero-order chi connectivity index (χ0) is 29.6. The molecule has 0 radical (unpaired) electrons. The van der Waals surface area contributed by atoms with Crippen LogP contribution < -0.4 is 11.1 Å². The summed E-state index contributed by atoms with van der Waals surface area (Å²) in [4.78, 5) is 50.5. The van der Waals surface area contributed by atoms with Crippen molar-refractivity contribution in [2.75, 3.05) is 25.6 Å². The standard InChI is InChI=1S/C29H28N2O10/c1-40-8-9-41-28(38)31-16-4-2-13(3-5-16)17-6-7-19(32)22-18(17)11-14-10-15-12-20(33)23(27(30)37)26(36)29(15,39)25(35)21(14)24(22)34/h2-7,14-15,32-33,35,39H,8-12H2,1H3,(H2,30,37)(H,31,38)/t14-,15+,29+/m0/s1. The van der Waals surface area contributed by atoms with Gasteiger partial charge in [0, 0.05) is 30.7 Å². The van der Waals surface area contributed by atoms with Crippen molar-refractivity contribution in [1.82, 2.24) is 0 Å². The van der Waals surface area contributed by atoms with Crippen LogP contribution in [0.4, 0.5) is 10.5 Å². The van der Waals surface area contributed by atoms with Crippen LogP contribution in [0.2, 0.25) is 0 Å². The molecule has 214 valence electrons. The van der Waals surface area contributed by atoms with E-state index in [0.717, 1.165) is 0 Å². The number of nitrogens with two attached hydrogens (primary N) is 1. The molecule has 12 nitrogen and oxygen atoms in total. The number of fused-ring (bicyclic) bond motifs is 3. The van der Waals surface area contributed by atoms with Crippen molar-refractivity contribution in [1.29, 1.82) is 0 Å². The second-order valence-corrected chi connectivity index (χ2v) is 10.2. The molecule has 5 rings (SSSR count). The fourth-order valence-electron chi connectivity index (χ4n) is 5.99. The SMILES string of the molecule is COCCOC(=O)Nc1ccc(-c2ccc(O)c3c2C[C@@H]2C[C@@H]4CC(O)=C(C(N)=O)C(=O)[C@]4(O)C(O)=C2C3=O)cc1. The number of rotatable bonds is 6. The first-order valence-corrected chi connectivity index (χ1v) is 12.8. The monoisotopic (exact) mass is 564 g/mol. The lowest BCUT2D eigenvalue weighted by molar-refractivity contribution is -0.144. The number of hydrogen-bond acceptors (Lipinski definition) is 10. The van der Waals surface area contributed by atoms with E-state index in [9.17, 15) is 39.6 Å². The Morgan fingerprint density at radius 2 is 1.76 bits per heavy atom. The van der Waals surface area contributed by atoms with Crippen LogP contribution >= 0.6 is 0 Å². The number of hydrogen-bond donors (Lipinski definition) is 6. The number of ether oxygens (including phenoxy) is 2. The number of benzene rings is 2. The van der Waals surface area contributed by atoms with Gasteiger partial charge in [0.2, 0.25) is 5.78 Å². The molecule has 0 fully saturated rings. The molecule has 12 heteroatoms. The van der Waals surface area contributed by atoms with Crippen molar-refractivity contribution >= 4 is 29.3 Å². The highest BCUT2D eigenvalue weighted by atomic mass is 16.6. The molecular formula is C29H28N2O10. The second kappa shape index (κ2) is 10.4. The van der Waals surface area contributed by atoms with Gasteiger partial charge in [-0.05, 0) is 53.6 Å². The molecule has 2 aromatic carbocycles. The maximum Gasteiger partial charge on any atom is 0.411 e. The summed E-state index contributed by atoms with van der Waals surface area (Å²) in [5.41, 5.74) is 3.76. The minimum absolute atomic E-state index is 0.0338.